The second kappa shape index (κ2) is 5.32. The zero-order chi connectivity index (χ0) is 12.3. The molecule has 1 aromatic rings. The zero-order valence-corrected chi connectivity index (χ0v) is 10.2. The van der Waals surface area contributed by atoms with Crippen molar-refractivity contribution in [2.45, 2.75) is 25.7 Å². The van der Waals surface area contributed by atoms with E-state index in [2.05, 4.69) is 5.32 Å². The molecule has 0 bridgehead atoms. The van der Waals surface area contributed by atoms with Gasteiger partial charge in [0.2, 0.25) is 5.91 Å². The molecule has 0 aromatic heterocycles. The molecule has 2 rings (SSSR count). The van der Waals surface area contributed by atoms with Gasteiger partial charge in [0.25, 0.3) is 5.24 Å². The maximum Gasteiger partial charge on any atom is 0.254 e. The number of halogens is 1. The molecule has 90 valence electrons. The van der Waals surface area contributed by atoms with Crippen molar-refractivity contribution in [3.63, 3.8) is 0 Å². The first-order chi connectivity index (χ1) is 8.18. The van der Waals surface area contributed by atoms with E-state index in [1.807, 2.05) is 0 Å². The lowest BCUT2D eigenvalue weighted by Gasteiger charge is -2.12. The van der Waals surface area contributed by atoms with E-state index in [-0.39, 0.29) is 11.8 Å². The van der Waals surface area contributed by atoms with E-state index in [1.165, 1.54) is 0 Å². The summed E-state index contributed by atoms with van der Waals surface area (Å²) in [6.07, 6.45) is 4.08. The predicted molar refractivity (Wildman–Crippen MR) is 67.2 cm³/mol. The quantitative estimate of drug-likeness (QED) is 0.839. The average Bonchev–Trinajstić information content (AvgIpc) is 2.83. The molecule has 4 heteroatoms. The van der Waals surface area contributed by atoms with Crippen molar-refractivity contribution in [3.05, 3.63) is 29.8 Å². The smallest absolute Gasteiger partial charge is 0.254 e. The van der Waals surface area contributed by atoms with Crippen molar-refractivity contribution < 1.29 is 9.59 Å². The maximum absolute atomic E-state index is 11.9. The highest BCUT2D eigenvalue weighted by molar-refractivity contribution is 6.68. The second-order valence-electron chi connectivity index (χ2n) is 4.29. The summed E-state index contributed by atoms with van der Waals surface area (Å²) in [7, 11) is 0. The van der Waals surface area contributed by atoms with Crippen LogP contribution in [0.5, 0.6) is 0 Å². The van der Waals surface area contributed by atoms with Gasteiger partial charge in [-0.15, -0.1) is 0 Å². The van der Waals surface area contributed by atoms with E-state index in [0.29, 0.717) is 11.3 Å². The minimum Gasteiger partial charge on any atom is -0.325 e. The van der Waals surface area contributed by atoms with Crippen LogP contribution in [0.3, 0.4) is 0 Å². The van der Waals surface area contributed by atoms with Gasteiger partial charge in [-0.3, -0.25) is 9.59 Å². The van der Waals surface area contributed by atoms with Crippen LogP contribution in [0.2, 0.25) is 0 Å². The number of anilines is 1. The van der Waals surface area contributed by atoms with Crippen molar-refractivity contribution >= 4 is 28.4 Å². The second-order valence-corrected chi connectivity index (χ2v) is 4.63. The fourth-order valence-electron chi connectivity index (χ4n) is 2.19. The Hall–Kier alpha value is -1.35. The van der Waals surface area contributed by atoms with Gasteiger partial charge in [0.15, 0.2) is 0 Å². The Morgan fingerprint density at radius 3 is 2.47 bits per heavy atom. The van der Waals surface area contributed by atoms with Crippen molar-refractivity contribution in [1.82, 2.24) is 0 Å². The summed E-state index contributed by atoms with van der Waals surface area (Å²) in [6.45, 7) is 0. The van der Waals surface area contributed by atoms with E-state index in [1.54, 1.807) is 24.3 Å². The molecule has 0 spiro atoms. The average molecular weight is 252 g/mol. The number of nitrogens with one attached hydrogen (secondary N) is 1. The minimum absolute atomic E-state index is 0.00660. The number of carbonyl (C=O) groups excluding carboxylic acids is 2. The molecule has 1 amide bonds. The number of benzene rings is 1. The molecule has 3 nitrogen and oxygen atoms in total. The first-order valence-electron chi connectivity index (χ1n) is 5.78. The number of hydrogen-bond acceptors (Lipinski definition) is 2. The summed E-state index contributed by atoms with van der Waals surface area (Å²) in [5.74, 6) is 0.0707. The molecule has 0 atom stereocenters. The van der Waals surface area contributed by atoms with E-state index in [9.17, 15) is 9.59 Å². The Bertz CT molecular complexity index is 439. The van der Waals surface area contributed by atoms with Gasteiger partial charge < -0.3 is 5.32 Å². The predicted octanol–water partition coefficient (Wildman–Crippen LogP) is 3.19. The van der Waals surface area contributed by atoms with Crippen molar-refractivity contribution in [2.24, 2.45) is 5.92 Å². The third kappa shape index (κ3) is 2.86. The van der Waals surface area contributed by atoms with Crippen LogP contribution >= 0.6 is 11.6 Å². The molecular formula is C13H14ClNO2. The summed E-state index contributed by atoms with van der Waals surface area (Å²) in [6, 6.07) is 6.80. The molecule has 0 heterocycles. The summed E-state index contributed by atoms with van der Waals surface area (Å²) >= 11 is 5.46. The van der Waals surface area contributed by atoms with Gasteiger partial charge in [-0.1, -0.05) is 25.0 Å². The van der Waals surface area contributed by atoms with Gasteiger partial charge in [0.05, 0.1) is 11.3 Å². The highest BCUT2D eigenvalue weighted by Gasteiger charge is 2.23. The molecule has 0 saturated heterocycles. The van der Waals surface area contributed by atoms with Crippen LogP contribution in [0.1, 0.15) is 36.0 Å². The minimum atomic E-state index is -0.549. The molecule has 17 heavy (non-hydrogen) atoms. The van der Waals surface area contributed by atoms with Crippen molar-refractivity contribution in [1.29, 1.82) is 0 Å². The Balaban J connectivity index is 2.12. The number of rotatable bonds is 3. The molecule has 0 aliphatic heterocycles. The fraction of sp³-hybridized carbons (Fsp3) is 0.385. The summed E-state index contributed by atoms with van der Waals surface area (Å²) in [5, 5.41) is 2.24. The van der Waals surface area contributed by atoms with E-state index in [4.69, 9.17) is 11.6 Å². The number of hydrogen-bond donors (Lipinski definition) is 1. The standard InChI is InChI=1S/C13H14ClNO2/c14-12(16)10-7-3-4-8-11(10)15-13(17)9-5-1-2-6-9/h3-4,7-9H,1-2,5-6H2,(H,15,17). The Kier molecular flexibility index (Phi) is 3.79. The number of para-hydroxylation sites is 1. The largest absolute Gasteiger partial charge is 0.325 e. The van der Waals surface area contributed by atoms with Gasteiger partial charge in [0, 0.05) is 5.92 Å². The number of amides is 1. The van der Waals surface area contributed by atoms with E-state index in [0.717, 1.165) is 25.7 Å². The third-order valence-corrected chi connectivity index (χ3v) is 3.33. The van der Waals surface area contributed by atoms with Crippen molar-refractivity contribution in [3.8, 4) is 0 Å². The molecular weight excluding hydrogens is 238 g/mol. The van der Waals surface area contributed by atoms with Gasteiger partial charge in [-0.05, 0) is 36.6 Å². The Morgan fingerprint density at radius 1 is 1.18 bits per heavy atom. The van der Waals surface area contributed by atoms with Crippen LogP contribution in [-0.2, 0) is 4.79 Å². The van der Waals surface area contributed by atoms with Gasteiger partial charge in [-0.2, -0.15) is 0 Å². The first kappa shape index (κ1) is 12.1. The van der Waals surface area contributed by atoms with Gasteiger partial charge >= 0.3 is 0 Å². The maximum atomic E-state index is 11.9. The van der Waals surface area contributed by atoms with E-state index < -0.39 is 5.24 Å². The monoisotopic (exact) mass is 251 g/mol. The lowest BCUT2D eigenvalue weighted by atomic mass is 10.1. The summed E-state index contributed by atoms with van der Waals surface area (Å²) in [4.78, 5) is 23.1. The molecule has 1 aromatic carbocycles. The van der Waals surface area contributed by atoms with Gasteiger partial charge in [-0.25, -0.2) is 0 Å². The Morgan fingerprint density at radius 2 is 1.82 bits per heavy atom. The first-order valence-corrected chi connectivity index (χ1v) is 6.16. The molecule has 1 fully saturated rings. The lowest BCUT2D eigenvalue weighted by molar-refractivity contribution is -0.119. The van der Waals surface area contributed by atoms with E-state index >= 15 is 0 Å². The van der Waals surface area contributed by atoms with Crippen LogP contribution in [-0.4, -0.2) is 11.1 Å². The SMILES string of the molecule is O=C(Cl)c1ccccc1NC(=O)C1CCCC1. The van der Waals surface area contributed by atoms with Gasteiger partial charge in [0.1, 0.15) is 0 Å². The lowest BCUT2D eigenvalue weighted by Crippen LogP contribution is -2.21. The van der Waals surface area contributed by atoms with Crippen LogP contribution in [0, 0.1) is 5.92 Å². The van der Waals surface area contributed by atoms with Crippen LogP contribution < -0.4 is 5.32 Å². The fourth-order valence-corrected chi connectivity index (χ4v) is 2.35. The Labute approximate surface area is 105 Å². The highest BCUT2D eigenvalue weighted by Crippen LogP contribution is 2.27. The zero-order valence-electron chi connectivity index (χ0n) is 9.41. The highest BCUT2D eigenvalue weighted by atomic mass is 35.5. The molecule has 0 unspecified atom stereocenters. The topological polar surface area (TPSA) is 46.2 Å². The van der Waals surface area contributed by atoms with Crippen LogP contribution in [0.25, 0.3) is 0 Å². The molecule has 0 radical (unpaired) electrons. The number of carbonyl (C=O) groups is 2. The summed E-state index contributed by atoms with van der Waals surface area (Å²) < 4.78 is 0. The normalized spacial score (nSPS) is 15.8. The third-order valence-electron chi connectivity index (χ3n) is 3.12. The summed E-state index contributed by atoms with van der Waals surface area (Å²) in [5.41, 5.74) is 0.852. The van der Waals surface area contributed by atoms with Crippen LogP contribution in [0.4, 0.5) is 5.69 Å². The molecule has 1 saturated carbocycles. The molecule has 1 N–H and O–H groups in total. The molecule has 1 aliphatic carbocycles. The van der Waals surface area contributed by atoms with Crippen LogP contribution in [0.15, 0.2) is 24.3 Å². The van der Waals surface area contributed by atoms with Crippen molar-refractivity contribution in [2.75, 3.05) is 5.32 Å². The molecule has 1 aliphatic rings.